The number of para-hydroxylation sites is 1. The van der Waals surface area contributed by atoms with E-state index >= 15 is 0 Å². The number of anilines is 1. The minimum absolute atomic E-state index is 0.150. The van der Waals surface area contributed by atoms with Gasteiger partial charge in [0.05, 0.1) is 10.4 Å². The van der Waals surface area contributed by atoms with Gasteiger partial charge in [-0.25, -0.2) is 4.98 Å². The molecule has 9 nitrogen and oxygen atoms in total. The lowest BCUT2D eigenvalue weighted by Gasteiger charge is -2.08. The third-order valence-corrected chi connectivity index (χ3v) is 6.00. The van der Waals surface area contributed by atoms with Gasteiger partial charge in [-0.15, -0.1) is 11.3 Å². The summed E-state index contributed by atoms with van der Waals surface area (Å²) >= 11 is 1.48. The molecule has 0 fully saturated rings. The van der Waals surface area contributed by atoms with Gasteiger partial charge in [0.15, 0.2) is 0 Å². The number of nitrogens with zero attached hydrogens (tertiary/aromatic N) is 3. The van der Waals surface area contributed by atoms with E-state index in [1.807, 2.05) is 36.6 Å². The van der Waals surface area contributed by atoms with Gasteiger partial charge < -0.3 is 10.3 Å². The summed E-state index contributed by atoms with van der Waals surface area (Å²) < 4.78 is 1.33. The predicted octanol–water partition coefficient (Wildman–Crippen LogP) is 3.55. The number of carbonyl (C=O) groups excluding carboxylic acids is 2. The van der Waals surface area contributed by atoms with Crippen LogP contribution in [-0.2, 0) is 11.2 Å². The van der Waals surface area contributed by atoms with Crippen molar-refractivity contribution in [1.82, 2.24) is 24.7 Å². The molecular weight excluding hydrogens is 440 g/mol. The highest BCUT2D eigenvalue weighted by Crippen LogP contribution is 2.27. The number of aromatic nitrogens is 5. The Morgan fingerprint density at radius 2 is 2.00 bits per heavy atom. The number of aryl methyl sites for hydroxylation is 1. The van der Waals surface area contributed by atoms with Gasteiger partial charge in [0.1, 0.15) is 11.5 Å². The first-order valence-corrected chi connectivity index (χ1v) is 11.1. The summed E-state index contributed by atoms with van der Waals surface area (Å²) in [6.07, 6.45) is 2.07. The van der Waals surface area contributed by atoms with E-state index < -0.39 is 11.7 Å². The number of rotatable bonds is 6. The monoisotopic (exact) mass is 458 g/mol. The molecule has 0 bridgehead atoms. The molecule has 0 aliphatic carbocycles. The second-order valence-corrected chi connectivity index (χ2v) is 8.20. The van der Waals surface area contributed by atoms with Crippen LogP contribution in [0.15, 0.2) is 64.9 Å². The first-order chi connectivity index (χ1) is 16.0. The number of carbonyl (C=O) groups is 2. The number of H-pyrrole nitrogens is 2. The summed E-state index contributed by atoms with van der Waals surface area (Å²) in [6.45, 7) is 1.88. The van der Waals surface area contributed by atoms with Crippen molar-refractivity contribution in [2.24, 2.45) is 0 Å². The van der Waals surface area contributed by atoms with Crippen LogP contribution < -0.4 is 10.9 Å². The first kappa shape index (κ1) is 20.6. The maximum atomic E-state index is 12.9. The van der Waals surface area contributed by atoms with Crippen LogP contribution in [0.25, 0.3) is 27.4 Å². The fourth-order valence-electron chi connectivity index (χ4n) is 3.51. The van der Waals surface area contributed by atoms with Crippen LogP contribution in [0.1, 0.15) is 23.0 Å². The number of benzene rings is 1. The lowest BCUT2D eigenvalue weighted by atomic mass is 10.1. The molecule has 0 spiro atoms. The summed E-state index contributed by atoms with van der Waals surface area (Å²) in [6, 6.07) is 14.1. The van der Waals surface area contributed by atoms with Crippen molar-refractivity contribution >= 4 is 39.7 Å². The highest BCUT2D eigenvalue weighted by molar-refractivity contribution is 7.13. The molecule has 1 amide bonds. The quantitative estimate of drug-likeness (QED) is 0.265. The van der Waals surface area contributed by atoms with Gasteiger partial charge in [-0.05, 0) is 23.9 Å². The van der Waals surface area contributed by atoms with E-state index in [1.165, 1.54) is 28.3 Å². The van der Waals surface area contributed by atoms with Crippen molar-refractivity contribution in [2.75, 3.05) is 5.32 Å². The molecule has 0 unspecified atom stereocenters. The molecule has 0 aliphatic rings. The van der Waals surface area contributed by atoms with Crippen LogP contribution in [0.3, 0.4) is 0 Å². The van der Waals surface area contributed by atoms with E-state index in [2.05, 4.69) is 25.4 Å². The molecule has 4 aromatic heterocycles. The summed E-state index contributed by atoms with van der Waals surface area (Å²) in [5.74, 6) is -1.15. The molecule has 164 valence electrons. The lowest BCUT2D eigenvalue weighted by molar-refractivity contribution is -0.112. The number of aromatic amines is 2. The van der Waals surface area contributed by atoms with Crippen molar-refractivity contribution in [3.8, 4) is 16.5 Å². The third kappa shape index (κ3) is 3.87. The summed E-state index contributed by atoms with van der Waals surface area (Å²) in [5, 5.41) is 9.74. The zero-order valence-corrected chi connectivity index (χ0v) is 18.3. The zero-order chi connectivity index (χ0) is 22.9. The highest BCUT2D eigenvalue weighted by atomic mass is 32.1. The second kappa shape index (κ2) is 8.32. The number of hydrogen-bond acceptors (Lipinski definition) is 6. The Kier molecular flexibility index (Phi) is 5.19. The Bertz CT molecular complexity index is 1540. The Morgan fingerprint density at radius 3 is 2.79 bits per heavy atom. The number of thiophene rings is 1. The average Bonchev–Trinajstić information content (AvgIpc) is 3.57. The number of hydrogen-bond donors (Lipinski definition) is 3. The summed E-state index contributed by atoms with van der Waals surface area (Å²) in [5.41, 5.74) is 1.85. The average molecular weight is 459 g/mol. The molecule has 5 aromatic rings. The van der Waals surface area contributed by atoms with E-state index in [-0.39, 0.29) is 22.9 Å². The highest BCUT2D eigenvalue weighted by Gasteiger charge is 2.23. The number of Topliss-reactive ketones (excluding diaryl/α,β-unsaturated/α-hetero) is 1. The fourth-order valence-corrected chi connectivity index (χ4v) is 4.19. The van der Waals surface area contributed by atoms with E-state index in [0.717, 1.165) is 10.4 Å². The van der Waals surface area contributed by atoms with Gasteiger partial charge in [0.25, 0.3) is 17.2 Å². The van der Waals surface area contributed by atoms with Crippen LogP contribution in [0, 0.1) is 0 Å². The first-order valence-electron chi connectivity index (χ1n) is 10.2. The number of fused-ring (bicyclic) bond motifs is 1. The van der Waals surface area contributed by atoms with Crippen molar-refractivity contribution in [2.45, 2.75) is 13.3 Å². The molecule has 1 aromatic carbocycles. The fraction of sp³-hybridized carbons (Fsp3) is 0.0870. The molecule has 0 saturated carbocycles. The largest absolute Gasteiger partial charge is 0.360 e. The predicted molar refractivity (Wildman–Crippen MR) is 126 cm³/mol. The van der Waals surface area contributed by atoms with E-state index in [0.29, 0.717) is 23.2 Å². The van der Waals surface area contributed by atoms with E-state index in [9.17, 15) is 14.4 Å². The minimum Gasteiger partial charge on any atom is -0.360 e. The van der Waals surface area contributed by atoms with Crippen LogP contribution in [0.5, 0.6) is 0 Å². The van der Waals surface area contributed by atoms with E-state index in [1.54, 1.807) is 18.2 Å². The van der Waals surface area contributed by atoms with Gasteiger partial charge in [-0.2, -0.15) is 9.78 Å². The van der Waals surface area contributed by atoms with Crippen molar-refractivity contribution in [1.29, 1.82) is 0 Å². The normalized spacial score (nSPS) is 11.1. The summed E-state index contributed by atoms with van der Waals surface area (Å²) in [7, 11) is 0. The topological polar surface area (TPSA) is 126 Å². The zero-order valence-electron chi connectivity index (χ0n) is 17.5. The van der Waals surface area contributed by atoms with Gasteiger partial charge >= 0.3 is 0 Å². The third-order valence-electron chi connectivity index (χ3n) is 5.11. The molecule has 4 heterocycles. The van der Waals surface area contributed by atoms with Gasteiger partial charge in [-0.3, -0.25) is 19.4 Å². The number of ketones is 1. The van der Waals surface area contributed by atoms with Crippen molar-refractivity contribution in [3.63, 3.8) is 0 Å². The maximum absolute atomic E-state index is 12.9. The Balaban J connectivity index is 1.54. The van der Waals surface area contributed by atoms with Crippen LogP contribution in [0.2, 0.25) is 0 Å². The van der Waals surface area contributed by atoms with Crippen molar-refractivity contribution in [3.05, 3.63) is 81.7 Å². The molecule has 0 atom stereocenters. The Hall–Kier alpha value is -4.31. The molecule has 5 rings (SSSR count). The Labute approximate surface area is 191 Å². The Morgan fingerprint density at radius 1 is 1.15 bits per heavy atom. The molecular formula is C23H18N6O3S. The molecule has 0 saturated heterocycles. The SMILES string of the molecule is CCc1cc(=O)[nH]c(-n2nc(-c3cccs3)cc2NC(=O)C(=O)c2c[nH]c3ccccc23)n1. The smallest absolute Gasteiger partial charge is 0.298 e. The lowest BCUT2D eigenvalue weighted by Crippen LogP contribution is -2.25. The van der Waals surface area contributed by atoms with Gasteiger partial charge in [-0.1, -0.05) is 31.2 Å². The standard InChI is InChI=1S/C23H18N6O3S/c1-2-13-10-20(30)27-23(25-13)29-19(11-17(28-29)18-8-5-9-33-18)26-22(32)21(31)15-12-24-16-7-4-3-6-14(15)16/h3-12,24H,2H2,1H3,(H,26,32)(H,25,27,30). The van der Waals surface area contributed by atoms with Gasteiger partial charge in [0, 0.05) is 34.9 Å². The molecule has 0 radical (unpaired) electrons. The number of amides is 1. The second-order valence-electron chi connectivity index (χ2n) is 7.25. The molecule has 0 aliphatic heterocycles. The number of nitrogens with one attached hydrogen (secondary N) is 3. The molecule has 10 heteroatoms. The van der Waals surface area contributed by atoms with Crippen LogP contribution in [-0.4, -0.2) is 36.4 Å². The molecule has 33 heavy (non-hydrogen) atoms. The summed E-state index contributed by atoms with van der Waals surface area (Å²) in [4.78, 5) is 48.9. The maximum Gasteiger partial charge on any atom is 0.298 e. The van der Waals surface area contributed by atoms with Crippen LogP contribution >= 0.6 is 11.3 Å². The van der Waals surface area contributed by atoms with Gasteiger partial charge in [0.2, 0.25) is 5.95 Å². The van der Waals surface area contributed by atoms with E-state index in [4.69, 9.17) is 0 Å². The minimum atomic E-state index is -0.826. The van der Waals surface area contributed by atoms with Crippen LogP contribution in [0.4, 0.5) is 5.82 Å². The van der Waals surface area contributed by atoms with Crippen molar-refractivity contribution < 1.29 is 9.59 Å². The molecule has 3 N–H and O–H groups in total.